The van der Waals surface area contributed by atoms with Crippen LogP contribution in [0.4, 0.5) is 0 Å². The van der Waals surface area contributed by atoms with E-state index in [2.05, 4.69) is 16.4 Å². The minimum atomic E-state index is -0.630. The standard InChI is InChI=1S/C12H9N3OS/c13-7-12(5-6-12)15-10(16)11-14-8-3-1-2-4-9(8)17-11/h1-4H,5-6H2,(H,15,16). The highest BCUT2D eigenvalue weighted by Gasteiger charge is 2.45. The Morgan fingerprint density at radius 2 is 2.24 bits per heavy atom. The van der Waals surface area contributed by atoms with Crippen LogP contribution in [0.15, 0.2) is 24.3 Å². The van der Waals surface area contributed by atoms with E-state index in [0.717, 1.165) is 23.1 Å². The molecule has 1 aliphatic rings. The molecule has 1 aromatic carbocycles. The number of thiazole rings is 1. The van der Waals surface area contributed by atoms with Crippen LogP contribution in [0.5, 0.6) is 0 Å². The first kappa shape index (κ1) is 10.2. The summed E-state index contributed by atoms with van der Waals surface area (Å²) in [5.41, 5.74) is 0.194. The zero-order valence-corrected chi connectivity index (χ0v) is 9.75. The smallest absolute Gasteiger partial charge is 0.281 e. The van der Waals surface area contributed by atoms with E-state index in [0.29, 0.717) is 5.01 Å². The van der Waals surface area contributed by atoms with Gasteiger partial charge in [0.1, 0.15) is 5.54 Å². The molecule has 4 nitrogen and oxygen atoms in total. The fourth-order valence-corrected chi connectivity index (χ4v) is 2.49. The molecule has 2 aromatic rings. The highest BCUT2D eigenvalue weighted by atomic mass is 32.1. The zero-order chi connectivity index (χ0) is 11.9. The van der Waals surface area contributed by atoms with Crippen molar-refractivity contribution in [3.63, 3.8) is 0 Å². The molecule has 1 heterocycles. The molecule has 0 unspecified atom stereocenters. The van der Waals surface area contributed by atoms with Crippen molar-refractivity contribution in [1.82, 2.24) is 10.3 Å². The number of nitrogens with zero attached hydrogens (tertiary/aromatic N) is 2. The first-order valence-electron chi connectivity index (χ1n) is 5.32. The third kappa shape index (κ3) is 1.77. The van der Waals surface area contributed by atoms with Crippen molar-refractivity contribution >= 4 is 27.5 Å². The second kappa shape index (κ2) is 3.54. The average molecular weight is 243 g/mol. The van der Waals surface area contributed by atoms with Crippen LogP contribution < -0.4 is 5.32 Å². The van der Waals surface area contributed by atoms with Crippen LogP contribution in [0.3, 0.4) is 0 Å². The van der Waals surface area contributed by atoms with E-state index in [-0.39, 0.29) is 5.91 Å². The average Bonchev–Trinajstić information content (AvgIpc) is 2.98. The number of nitriles is 1. The van der Waals surface area contributed by atoms with Crippen molar-refractivity contribution in [3.05, 3.63) is 29.3 Å². The molecular formula is C12H9N3OS. The van der Waals surface area contributed by atoms with E-state index in [1.165, 1.54) is 11.3 Å². The van der Waals surface area contributed by atoms with E-state index in [1.54, 1.807) is 0 Å². The predicted molar refractivity (Wildman–Crippen MR) is 64.7 cm³/mol. The van der Waals surface area contributed by atoms with Gasteiger partial charge in [0.05, 0.1) is 16.3 Å². The van der Waals surface area contributed by atoms with Crippen molar-refractivity contribution in [1.29, 1.82) is 5.26 Å². The molecule has 0 spiro atoms. The number of carbonyl (C=O) groups excluding carboxylic acids is 1. The molecule has 1 fully saturated rings. The molecule has 3 rings (SSSR count). The summed E-state index contributed by atoms with van der Waals surface area (Å²) >= 11 is 1.35. The molecule has 1 amide bonds. The van der Waals surface area contributed by atoms with E-state index in [1.807, 2.05) is 24.3 Å². The Kier molecular flexibility index (Phi) is 2.13. The van der Waals surface area contributed by atoms with Gasteiger partial charge in [-0.3, -0.25) is 4.79 Å². The van der Waals surface area contributed by atoms with Gasteiger partial charge in [0.25, 0.3) is 5.91 Å². The molecular weight excluding hydrogens is 234 g/mol. The Morgan fingerprint density at radius 3 is 2.88 bits per heavy atom. The molecule has 5 heteroatoms. The second-order valence-electron chi connectivity index (χ2n) is 4.13. The van der Waals surface area contributed by atoms with Crippen molar-refractivity contribution < 1.29 is 4.79 Å². The van der Waals surface area contributed by atoms with Gasteiger partial charge >= 0.3 is 0 Å². The summed E-state index contributed by atoms with van der Waals surface area (Å²) in [5, 5.41) is 12.1. The van der Waals surface area contributed by atoms with Crippen molar-refractivity contribution in [2.24, 2.45) is 0 Å². The maximum Gasteiger partial charge on any atom is 0.281 e. The van der Waals surface area contributed by atoms with E-state index in [9.17, 15) is 4.79 Å². The third-order valence-corrected chi connectivity index (χ3v) is 3.84. The lowest BCUT2D eigenvalue weighted by atomic mass is 10.3. The van der Waals surface area contributed by atoms with Crippen LogP contribution in [-0.2, 0) is 0 Å². The summed E-state index contributed by atoms with van der Waals surface area (Å²) in [7, 11) is 0. The molecule has 84 valence electrons. The number of nitrogens with one attached hydrogen (secondary N) is 1. The number of rotatable bonds is 2. The molecule has 1 aromatic heterocycles. The topological polar surface area (TPSA) is 65.8 Å². The normalized spacial score (nSPS) is 16.4. The molecule has 0 saturated heterocycles. The van der Waals surface area contributed by atoms with Gasteiger partial charge in [-0.25, -0.2) is 4.98 Å². The third-order valence-electron chi connectivity index (χ3n) is 2.80. The maximum atomic E-state index is 11.9. The number of aromatic nitrogens is 1. The lowest BCUT2D eigenvalue weighted by molar-refractivity contribution is 0.0941. The fraction of sp³-hybridized carbons (Fsp3) is 0.250. The fourth-order valence-electron chi connectivity index (χ4n) is 1.63. The van der Waals surface area contributed by atoms with Gasteiger partial charge in [-0.15, -0.1) is 11.3 Å². The lowest BCUT2D eigenvalue weighted by Crippen LogP contribution is -2.35. The number of fused-ring (bicyclic) bond motifs is 1. The summed E-state index contributed by atoms with van der Waals surface area (Å²) < 4.78 is 0.986. The van der Waals surface area contributed by atoms with Crippen LogP contribution in [0, 0.1) is 11.3 Å². The van der Waals surface area contributed by atoms with Gasteiger partial charge in [-0.2, -0.15) is 5.26 Å². The second-order valence-corrected chi connectivity index (χ2v) is 5.17. The highest BCUT2D eigenvalue weighted by Crippen LogP contribution is 2.35. The molecule has 1 saturated carbocycles. The van der Waals surface area contributed by atoms with Crippen LogP contribution in [0.1, 0.15) is 22.6 Å². The van der Waals surface area contributed by atoms with E-state index in [4.69, 9.17) is 5.26 Å². The summed E-state index contributed by atoms with van der Waals surface area (Å²) in [5.74, 6) is -0.245. The van der Waals surface area contributed by atoms with Crippen LogP contribution in [-0.4, -0.2) is 16.4 Å². The molecule has 0 radical (unpaired) electrons. The van der Waals surface area contributed by atoms with Gasteiger partial charge in [-0.05, 0) is 25.0 Å². The highest BCUT2D eigenvalue weighted by molar-refractivity contribution is 7.20. The molecule has 17 heavy (non-hydrogen) atoms. The SMILES string of the molecule is N#CC1(NC(=O)c2nc3ccccc3s2)CC1. The number of hydrogen-bond donors (Lipinski definition) is 1. The Hall–Kier alpha value is -1.93. The molecule has 1 N–H and O–H groups in total. The molecule has 0 aliphatic heterocycles. The number of carbonyl (C=O) groups is 1. The maximum absolute atomic E-state index is 11.9. The van der Waals surface area contributed by atoms with Crippen LogP contribution in [0.25, 0.3) is 10.2 Å². The summed E-state index contributed by atoms with van der Waals surface area (Å²) in [4.78, 5) is 16.2. The molecule has 1 aliphatic carbocycles. The van der Waals surface area contributed by atoms with Crippen LogP contribution >= 0.6 is 11.3 Å². The van der Waals surface area contributed by atoms with E-state index >= 15 is 0 Å². The summed E-state index contributed by atoms with van der Waals surface area (Å²) in [6.45, 7) is 0. The van der Waals surface area contributed by atoms with Gasteiger partial charge in [0.15, 0.2) is 5.01 Å². The Labute approximate surface area is 102 Å². The largest absolute Gasteiger partial charge is 0.332 e. The Morgan fingerprint density at radius 1 is 1.47 bits per heavy atom. The van der Waals surface area contributed by atoms with Gasteiger partial charge < -0.3 is 5.32 Å². The molecule has 0 atom stereocenters. The lowest BCUT2D eigenvalue weighted by Gasteiger charge is -2.05. The number of para-hydroxylation sites is 1. The Balaban J connectivity index is 1.89. The summed E-state index contributed by atoms with van der Waals surface area (Å²) in [6.07, 6.45) is 1.47. The monoisotopic (exact) mass is 243 g/mol. The van der Waals surface area contributed by atoms with Crippen molar-refractivity contribution in [3.8, 4) is 6.07 Å². The summed E-state index contributed by atoms with van der Waals surface area (Å²) in [6, 6.07) is 9.74. The minimum absolute atomic E-state index is 0.245. The van der Waals surface area contributed by atoms with Crippen molar-refractivity contribution in [2.75, 3.05) is 0 Å². The van der Waals surface area contributed by atoms with Gasteiger partial charge in [0, 0.05) is 0 Å². The van der Waals surface area contributed by atoms with Crippen LogP contribution in [0.2, 0.25) is 0 Å². The predicted octanol–water partition coefficient (Wildman–Crippen LogP) is 2.08. The van der Waals surface area contributed by atoms with Gasteiger partial charge in [0.2, 0.25) is 0 Å². The van der Waals surface area contributed by atoms with Crippen molar-refractivity contribution in [2.45, 2.75) is 18.4 Å². The first-order valence-corrected chi connectivity index (χ1v) is 6.13. The van der Waals surface area contributed by atoms with E-state index < -0.39 is 5.54 Å². The number of benzene rings is 1. The molecule has 0 bridgehead atoms. The van der Waals surface area contributed by atoms with Gasteiger partial charge in [-0.1, -0.05) is 12.1 Å². The zero-order valence-electron chi connectivity index (χ0n) is 8.93. The Bertz CT molecular complexity index is 603. The number of hydrogen-bond acceptors (Lipinski definition) is 4. The first-order chi connectivity index (χ1) is 8.22. The minimum Gasteiger partial charge on any atom is -0.332 e. The quantitative estimate of drug-likeness (QED) is 0.878. The number of amides is 1.